The molecule has 0 unspecified atom stereocenters. The van der Waals surface area contributed by atoms with Crippen molar-refractivity contribution in [2.45, 2.75) is 46.1 Å². The van der Waals surface area contributed by atoms with Gasteiger partial charge in [0.25, 0.3) is 5.91 Å². The molecular formula is C22H26N2O2. The maximum atomic E-state index is 13.0. The molecule has 0 spiro atoms. The first-order valence-corrected chi connectivity index (χ1v) is 9.36. The van der Waals surface area contributed by atoms with E-state index in [-0.39, 0.29) is 11.8 Å². The SMILES string of the molecule is CCCCC(=O)NCc1ccc2c(c1)N(C(=O)c1ccccc1C)CC2. The van der Waals surface area contributed by atoms with Gasteiger partial charge >= 0.3 is 0 Å². The molecule has 3 rings (SSSR count). The smallest absolute Gasteiger partial charge is 0.258 e. The van der Waals surface area contributed by atoms with Gasteiger partial charge in [0.2, 0.25) is 5.91 Å². The standard InChI is InChI=1S/C22H26N2O2/c1-3-4-9-21(25)23-15-17-10-11-18-12-13-24(20(18)14-17)22(26)19-8-6-5-7-16(19)2/h5-8,10-11,14H,3-4,9,12-13,15H2,1-2H3,(H,23,25). The number of amides is 2. The molecule has 0 saturated heterocycles. The predicted molar refractivity (Wildman–Crippen MR) is 104 cm³/mol. The molecule has 0 bridgehead atoms. The Bertz CT molecular complexity index is 814. The van der Waals surface area contributed by atoms with Gasteiger partial charge in [-0.3, -0.25) is 9.59 Å². The minimum Gasteiger partial charge on any atom is -0.352 e. The van der Waals surface area contributed by atoms with E-state index < -0.39 is 0 Å². The molecule has 2 amide bonds. The summed E-state index contributed by atoms with van der Waals surface area (Å²) in [5, 5.41) is 2.97. The van der Waals surface area contributed by atoms with Crippen LogP contribution in [0.4, 0.5) is 5.69 Å². The number of nitrogens with zero attached hydrogens (tertiary/aromatic N) is 1. The van der Waals surface area contributed by atoms with Gasteiger partial charge in [-0.1, -0.05) is 43.7 Å². The van der Waals surface area contributed by atoms with Crippen LogP contribution in [0.1, 0.15) is 53.2 Å². The molecule has 4 nitrogen and oxygen atoms in total. The van der Waals surface area contributed by atoms with Crippen molar-refractivity contribution in [3.8, 4) is 0 Å². The Morgan fingerprint density at radius 2 is 1.96 bits per heavy atom. The zero-order valence-electron chi connectivity index (χ0n) is 15.5. The van der Waals surface area contributed by atoms with Crippen molar-refractivity contribution in [1.82, 2.24) is 5.32 Å². The van der Waals surface area contributed by atoms with E-state index in [4.69, 9.17) is 0 Å². The van der Waals surface area contributed by atoms with Crippen LogP contribution in [0.2, 0.25) is 0 Å². The molecule has 0 radical (unpaired) electrons. The lowest BCUT2D eigenvalue weighted by atomic mass is 10.1. The molecule has 2 aromatic carbocycles. The average molecular weight is 350 g/mol. The van der Waals surface area contributed by atoms with Gasteiger partial charge in [-0.2, -0.15) is 0 Å². The summed E-state index contributed by atoms with van der Waals surface area (Å²) in [6.45, 7) is 5.25. The minimum absolute atomic E-state index is 0.0472. The molecule has 0 atom stereocenters. The van der Waals surface area contributed by atoms with Crippen LogP contribution in [0.25, 0.3) is 0 Å². The van der Waals surface area contributed by atoms with Crippen LogP contribution in [-0.4, -0.2) is 18.4 Å². The predicted octanol–water partition coefficient (Wildman–Crippen LogP) is 4.00. The molecule has 26 heavy (non-hydrogen) atoms. The van der Waals surface area contributed by atoms with Gasteiger partial charge in [-0.25, -0.2) is 0 Å². The molecule has 1 heterocycles. The topological polar surface area (TPSA) is 49.4 Å². The highest BCUT2D eigenvalue weighted by Crippen LogP contribution is 2.31. The van der Waals surface area contributed by atoms with Crippen LogP contribution < -0.4 is 10.2 Å². The molecule has 1 aliphatic heterocycles. The Hall–Kier alpha value is -2.62. The third kappa shape index (κ3) is 3.96. The Morgan fingerprint density at radius 3 is 2.73 bits per heavy atom. The zero-order chi connectivity index (χ0) is 18.5. The molecule has 0 aliphatic carbocycles. The second-order valence-corrected chi connectivity index (χ2v) is 6.87. The van der Waals surface area contributed by atoms with Crippen LogP contribution in [0.5, 0.6) is 0 Å². The van der Waals surface area contributed by atoms with Gasteiger partial charge in [0.1, 0.15) is 0 Å². The highest BCUT2D eigenvalue weighted by Gasteiger charge is 2.26. The van der Waals surface area contributed by atoms with Crippen LogP contribution in [0, 0.1) is 6.92 Å². The van der Waals surface area contributed by atoms with E-state index in [9.17, 15) is 9.59 Å². The molecule has 2 aromatic rings. The first kappa shape index (κ1) is 18.2. The van der Waals surface area contributed by atoms with E-state index in [2.05, 4.69) is 18.3 Å². The highest BCUT2D eigenvalue weighted by atomic mass is 16.2. The lowest BCUT2D eigenvalue weighted by Gasteiger charge is -2.19. The minimum atomic E-state index is 0.0472. The van der Waals surface area contributed by atoms with Crippen LogP contribution in [0.15, 0.2) is 42.5 Å². The van der Waals surface area contributed by atoms with E-state index >= 15 is 0 Å². The molecule has 1 aliphatic rings. The number of hydrogen-bond acceptors (Lipinski definition) is 2. The summed E-state index contributed by atoms with van der Waals surface area (Å²) >= 11 is 0. The molecular weight excluding hydrogens is 324 g/mol. The zero-order valence-corrected chi connectivity index (χ0v) is 15.5. The number of fused-ring (bicyclic) bond motifs is 1. The second kappa shape index (κ2) is 8.17. The van der Waals surface area contributed by atoms with Crippen molar-refractivity contribution in [3.05, 3.63) is 64.7 Å². The number of aryl methyl sites for hydroxylation is 1. The number of hydrogen-bond donors (Lipinski definition) is 1. The summed E-state index contributed by atoms with van der Waals surface area (Å²) in [5.41, 5.74) is 4.92. The third-order valence-corrected chi connectivity index (χ3v) is 4.91. The van der Waals surface area contributed by atoms with Gasteiger partial charge in [-0.05, 0) is 48.6 Å². The van der Waals surface area contributed by atoms with Crippen LogP contribution >= 0.6 is 0 Å². The number of unbranched alkanes of at least 4 members (excludes halogenated alkanes) is 1. The first-order valence-electron chi connectivity index (χ1n) is 9.36. The maximum Gasteiger partial charge on any atom is 0.258 e. The van der Waals surface area contributed by atoms with Gasteiger partial charge in [0.05, 0.1) is 0 Å². The third-order valence-electron chi connectivity index (χ3n) is 4.91. The largest absolute Gasteiger partial charge is 0.352 e. The first-order chi connectivity index (χ1) is 12.6. The van der Waals surface area contributed by atoms with Gasteiger partial charge in [0.15, 0.2) is 0 Å². The molecule has 0 aromatic heterocycles. The monoisotopic (exact) mass is 350 g/mol. The summed E-state index contributed by atoms with van der Waals surface area (Å²) in [4.78, 5) is 26.7. The number of anilines is 1. The van der Waals surface area contributed by atoms with Crippen molar-refractivity contribution in [2.24, 2.45) is 0 Å². The number of carbonyl (C=O) groups is 2. The fourth-order valence-electron chi connectivity index (χ4n) is 3.33. The number of rotatable bonds is 6. The molecule has 0 saturated carbocycles. The average Bonchev–Trinajstić information content (AvgIpc) is 3.07. The van der Waals surface area contributed by atoms with E-state index in [1.54, 1.807) is 0 Å². The van der Waals surface area contributed by atoms with Crippen molar-refractivity contribution >= 4 is 17.5 Å². The van der Waals surface area contributed by atoms with E-state index in [0.717, 1.165) is 41.6 Å². The maximum absolute atomic E-state index is 13.0. The van der Waals surface area contributed by atoms with Gasteiger partial charge in [-0.15, -0.1) is 0 Å². The Balaban J connectivity index is 1.74. The Kier molecular flexibility index (Phi) is 5.71. The van der Waals surface area contributed by atoms with Gasteiger partial charge < -0.3 is 10.2 Å². The van der Waals surface area contributed by atoms with Crippen LogP contribution in [0.3, 0.4) is 0 Å². The quantitative estimate of drug-likeness (QED) is 0.856. The molecule has 136 valence electrons. The lowest BCUT2D eigenvalue weighted by molar-refractivity contribution is -0.121. The summed E-state index contributed by atoms with van der Waals surface area (Å²) < 4.78 is 0. The van der Waals surface area contributed by atoms with Crippen molar-refractivity contribution in [1.29, 1.82) is 0 Å². The number of carbonyl (C=O) groups excluding carboxylic acids is 2. The van der Waals surface area contributed by atoms with Crippen LogP contribution in [-0.2, 0) is 17.8 Å². The normalized spacial score (nSPS) is 12.8. The lowest BCUT2D eigenvalue weighted by Crippen LogP contribution is -2.29. The summed E-state index contributed by atoms with van der Waals surface area (Å²) in [5.74, 6) is 0.131. The van der Waals surface area contributed by atoms with Crippen molar-refractivity contribution in [3.63, 3.8) is 0 Å². The van der Waals surface area contributed by atoms with Crippen molar-refractivity contribution in [2.75, 3.05) is 11.4 Å². The second-order valence-electron chi connectivity index (χ2n) is 6.87. The summed E-state index contributed by atoms with van der Waals surface area (Å²) in [6, 6.07) is 13.9. The fraction of sp³-hybridized carbons (Fsp3) is 0.364. The summed E-state index contributed by atoms with van der Waals surface area (Å²) in [6.07, 6.45) is 3.37. The Morgan fingerprint density at radius 1 is 1.15 bits per heavy atom. The molecule has 0 fully saturated rings. The molecule has 1 N–H and O–H groups in total. The van der Waals surface area contributed by atoms with E-state index in [1.165, 1.54) is 5.56 Å². The van der Waals surface area contributed by atoms with E-state index in [0.29, 0.717) is 19.5 Å². The highest BCUT2D eigenvalue weighted by molar-refractivity contribution is 6.08. The van der Waals surface area contributed by atoms with Crippen molar-refractivity contribution < 1.29 is 9.59 Å². The fourth-order valence-corrected chi connectivity index (χ4v) is 3.33. The number of benzene rings is 2. The molecule has 4 heteroatoms. The number of nitrogens with one attached hydrogen (secondary N) is 1. The Labute approximate surface area is 155 Å². The summed E-state index contributed by atoms with van der Waals surface area (Å²) in [7, 11) is 0. The van der Waals surface area contributed by atoms with E-state index in [1.807, 2.05) is 48.2 Å². The van der Waals surface area contributed by atoms with Gasteiger partial charge in [0, 0.05) is 30.8 Å².